The van der Waals surface area contributed by atoms with Crippen LogP contribution in [0.15, 0.2) is 12.1 Å². The average Bonchev–Trinajstić information content (AvgIpc) is 3.09. The van der Waals surface area contributed by atoms with Gasteiger partial charge in [0.1, 0.15) is 5.82 Å². The second-order valence-electron chi connectivity index (χ2n) is 4.90. The van der Waals surface area contributed by atoms with Crippen molar-refractivity contribution in [2.45, 2.75) is 32.2 Å². The Morgan fingerprint density at radius 1 is 1.45 bits per heavy atom. The van der Waals surface area contributed by atoms with Gasteiger partial charge >= 0.3 is 5.69 Å². The minimum atomic E-state index is -1.22. The summed E-state index contributed by atoms with van der Waals surface area (Å²) in [6.07, 6.45) is 2.80. The van der Waals surface area contributed by atoms with Crippen LogP contribution in [0.2, 0.25) is 0 Å². The smallest absolute Gasteiger partial charge is 0.307 e. The Balaban J connectivity index is 2.11. The van der Waals surface area contributed by atoms with E-state index >= 15 is 0 Å². The molecule has 0 heterocycles. The number of nitro benzene ring substituents is 1. The van der Waals surface area contributed by atoms with Gasteiger partial charge in [-0.15, -0.1) is 0 Å². The van der Waals surface area contributed by atoms with Gasteiger partial charge in [-0.1, -0.05) is 13.3 Å². The first-order valence-electron chi connectivity index (χ1n) is 6.38. The fourth-order valence-electron chi connectivity index (χ4n) is 2.21. The highest BCUT2D eigenvalue weighted by molar-refractivity contribution is 5.95. The molecule has 1 aliphatic rings. The van der Waals surface area contributed by atoms with Gasteiger partial charge in [-0.05, 0) is 24.8 Å². The van der Waals surface area contributed by atoms with Gasteiger partial charge in [-0.3, -0.25) is 14.9 Å². The predicted molar refractivity (Wildman–Crippen MR) is 67.3 cm³/mol. The average molecular weight is 284 g/mol. The summed E-state index contributed by atoms with van der Waals surface area (Å²) >= 11 is 0. The number of hydrogen-bond acceptors (Lipinski definition) is 3. The third kappa shape index (κ3) is 2.92. The van der Waals surface area contributed by atoms with E-state index in [-0.39, 0.29) is 6.04 Å². The van der Waals surface area contributed by atoms with Gasteiger partial charge in [0.2, 0.25) is 5.82 Å². The van der Waals surface area contributed by atoms with Crippen LogP contribution in [0.25, 0.3) is 0 Å². The van der Waals surface area contributed by atoms with Gasteiger partial charge in [-0.25, -0.2) is 4.39 Å². The highest BCUT2D eigenvalue weighted by Gasteiger charge is 2.37. The van der Waals surface area contributed by atoms with E-state index in [1.54, 1.807) is 0 Å². The monoisotopic (exact) mass is 284 g/mol. The molecule has 0 aromatic heterocycles. The van der Waals surface area contributed by atoms with Crippen molar-refractivity contribution in [3.63, 3.8) is 0 Å². The van der Waals surface area contributed by atoms with E-state index in [0.29, 0.717) is 18.1 Å². The fraction of sp³-hybridized carbons (Fsp3) is 0.462. The molecule has 0 saturated heterocycles. The first-order chi connectivity index (χ1) is 9.43. The zero-order valence-electron chi connectivity index (χ0n) is 10.9. The van der Waals surface area contributed by atoms with Gasteiger partial charge in [0, 0.05) is 6.04 Å². The van der Waals surface area contributed by atoms with E-state index in [0.717, 1.165) is 19.3 Å². The minimum Gasteiger partial charge on any atom is -0.349 e. The molecule has 1 aliphatic carbocycles. The number of hydrogen-bond donors (Lipinski definition) is 1. The van der Waals surface area contributed by atoms with E-state index in [1.165, 1.54) is 0 Å². The van der Waals surface area contributed by atoms with Crippen LogP contribution in [0.1, 0.15) is 36.5 Å². The van der Waals surface area contributed by atoms with Crippen molar-refractivity contribution >= 4 is 11.6 Å². The lowest BCUT2D eigenvalue weighted by molar-refractivity contribution is -0.387. The molecule has 1 aromatic carbocycles. The second-order valence-corrected chi connectivity index (χ2v) is 4.90. The maximum atomic E-state index is 13.6. The molecule has 1 fully saturated rings. The maximum Gasteiger partial charge on any atom is 0.307 e. The molecule has 0 bridgehead atoms. The summed E-state index contributed by atoms with van der Waals surface area (Å²) in [5, 5.41) is 13.1. The van der Waals surface area contributed by atoms with Crippen molar-refractivity contribution in [2.24, 2.45) is 5.92 Å². The van der Waals surface area contributed by atoms with Gasteiger partial charge in [0.25, 0.3) is 5.91 Å². The van der Waals surface area contributed by atoms with Crippen LogP contribution in [0.3, 0.4) is 0 Å². The lowest BCUT2D eigenvalue weighted by Gasteiger charge is -2.06. The Labute approximate surface area is 114 Å². The zero-order chi connectivity index (χ0) is 14.9. The largest absolute Gasteiger partial charge is 0.349 e. The number of carbonyl (C=O) groups is 1. The standard InChI is InChI=1S/C13H14F2N2O3/c1-2-3-7-4-11(7)16-13(18)8-5-10(15)12(17(19)20)6-9(8)14/h5-7,11H,2-4H2,1H3,(H,16,18). The van der Waals surface area contributed by atoms with Crippen molar-refractivity contribution < 1.29 is 18.5 Å². The number of rotatable bonds is 5. The Kier molecular flexibility index (Phi) is 3.96. The number of nitrogens with one attached hydrogen (secondary N) is 1. The van der Waals surface area contributed by atoms with Gasteiger partial charge in [0.15, 0.2) is 0 Å². The van der Waals surface area contributed by atoms with Gasteiger partial charge in [-0.2, -0.15) is 4.39 Å². The molecular weight excluding hydrogens is 270 g/mol. The van der Waals surface area contributed by atoms with Crippen LogP contribution in [-0.2, 0) is 0 Å². The molecule has 1 aromatic rings. The summed E-state index contributed by atoms with van der Waals surface area (Å²) in [5.41, 5.74) is -1.48. The lowest BCUT2D eigenvalue weighted by Crippen LogP contribution is -2.28. The number of nitro groups is 1. The molecule has 1 amide bonds. The fourth-order valence-corrected chi connectivity index (χ4v) is 2.21. The van der Waals surface area contributed by atoms with Gasteiger partial charge < -0.3 is 5.32 Å². The summed E-state index contributed by atoms with van der Waals surface area (Å²) < 4.78 is 27.0. The van der Waals surface area contributed by atoms with Gasteiger partial charge in [0.05, 0.1) is 16.6 Å². The first kappa shape index (κ1) is 14.4. The van der Waals surface area contributed by atoms with E-state index in [2.05, 4.69) is 5.32 Å². The Morgan fingerprint density at radius 2 is 2.15 bits per heavy atom. The normalized spacial score (nSPS) is 20.6. The quantitative estimate of drug-likeness (QED) is 0.667. The van der Waals surface area contributed by atoms with Crippen molar-refractivity contribution in [1.29, 1.82) is 0 Å². The number of nitrogens with zero attached hydrogens (tertiary/aromatic N) is 1. The second kappa shape index (κ2) is 5.52. The zero-order valence-corrected chi connectivity index (χ0v) is 10.9. The van der Waals surface area contributed by atoms with Crippen LogP contribution in [0, 0.1) is 27.7 Å². The van der Waals surface area contributed by atoms with Crippen LogP contribution < -0.4 is 5.32 Å². The molecule has 20 heavy (non-hydrogen) atoms. The first-order valence-corrected chi connectivity index (χ1v) is 6.38. The number of carbonyl (C=O) groups excluding carboxylic acids is 1. The molecule has 7 heteroatoms. The van der Waals surface area contributed by atoms with Crippen LogP contribution in [0.5, 0.6) is 0 Å². The molecule has 1 saturated carbocycles. The molecule has 2 rings (SSSR count). The molecule has 2 atom stereocenters. The third-order valence-electron chi connectivity index (χ3n) is 3.38. The number of halogens is 2. The number of benzene rings is 1. The van der Waals surface area contributed by atoms with Crippen molar-refractivity contribution in [1.82, 2.24) is 5.32 Å². The summed E-state index contributed by atoms with van der Waals surface area (Å²) in [4.78, 5) is 21.2. The molecule has 108 valence electrons. The summed E-state index contributed by atoms with van der Waals surface area (Å²) in [7, 11) is 0. The Hall–Kier alpha value is -2.05. The molecule has 0 spiro atoms. The van der Waals surface area contributed by atoms with Crippen LogP contribution in [-0.4, -0.2) is 16.9 Å². The van der Waals surface area contributed by atoms with Crippen molar-refractivity contribution in [2.75, 3.05) is 0 Å². The summed E-state index contributed by atoms with van der Waals surface area (Å²) in [5.74, 6) is -2.67. The van der Waals surface area contributed by atoms with Crippen LogP contribution >= 0.6 is 0 Å². The lowest BCUT2D eigenvalue weighted by atomic mass is 10.1. The van der Waals surface area contributed by atoms with Crippen molar-refractivity contribution in [3.8, 4) is 0 Å². The summed E-state index contributed by atoms with van der Waals surface area (Å²) in [6.45, 7) is 2.03. The highest BCUT2D eigenvalue weighted by Crippen LogP contribution is 2.35. The van der Waals surface area contributed by atoms with E-state index in [9.17, 15) is 23.7 Å². The van der Waals surface area contributed by atoms with E-state index in [4.69, 9.17) is 0 Å². The topological polar surface area (TPSA) is 72.2 Å². The van der Waals surface area contributed by atoms with Crippen LogP contribution in [0.4, 0.5) is 14.5 Å². The predicted octanol–water partition coefficient (Wildman–Crippen LogP) is 2.79. The van der Waals surface area contributed by atoms with E-state index in [1.807, 2.05) is 6.92 Å². The third-order valence-corrected chi connectivity index (χ3v) is 3.38. The maximum absolute atomic E-state index is 13.6. The molecule has 2 unspecified atom stereocenters. The number of amides is 1. The molecule has 0 radical (unpaired) electrons. The molecular formula is C13H14F2N2O3. The molecule has 5 nitrogen and oxygen atoms in total. The molecule has 0 aliphatic heterocycles. The van der Waals surface area contributed by atoms with E-state index < -0.39 is 33.7 Å². The highest BCUT2D eigenvalue weighted by atomic mass is 19.1. The SMILES string of the molecule is CCCC1CC1NC(=O)c1cc(F)c([N+](=O)[O-])cc1F. The Morgan fingerprint density at radius 3 is 2.75 bits per heavy atom. The summed E-state index contributed by atoms with van der Waals surface area (Å²) in [6, 6.07) is 0.987. The van der Waals surface area contributed by atoms with Crippen molar-refractivity contribution in [3.05, 3.63) is 39.4 Å². The molecule has 1 N–H and O–H groups in total. The minimum absolute atomic E-state index is 0.0138. The Bertz CT molecular complexity index is 563.